The van der Waals surface area contributed by atoms with Crippen molar-refractivity contribution >= 4 is 66.3 Å². The summed E-state index contributed by atoms with van der Waals surface area (Å²) in [4.78, 5) is 35.2. The van der Waals surface area contributed by atoms with Gasteiger partial charge in [0.05, 0.1) is 34.6 Å². The molecule has 2 unspecified atom stereocenters. The van der Waals surface area contributed by atoms with Gasteiger partial charge in [0, 0.05) is 11.1 Å². The van der Waals surface area contributed by atoms with Crippen LogP contribution in [0, 0.1) is 0 Å². The molecule has 0 saturated heterocycles. The first kappa shape index (κ1) is 31.9. The van der Waals surface area contributed by atoms with Gasteiger partial charge < -0.3 is 0 Å². The van der Waals surface area contributed by atoms with Crippen LogP contribution in [-0.2, 0) is 9.59 Å². The Kier molecular flexibility index (Phi) is 7.34. The summed E-state index contributed by atoms with van der Waals surface area (Å²) in [6.45, 7) is 4.18. The van der Waals surface area contributed by atoms with Gasteiger partial charge in [0.15, 0.2) is 0 Å². The lowest BCUT2D eigenvalue weighted by molar-refractivity contribution is -0.125. The Morgan fingerprint density at radius 2 is 0.648 bits per heavy atom. The lowest BCUT2D eigenvalue weighted by Gasteiger charge is -2.33. The first-order chi connectivity index (χ1) is 26.5. The van der Waals surface area contributed by atoms with Crippen molar-refractivity contribution in [3.8, 4) is 0 Å². The van der Waals surface area contributed by atoms with Crippen LogP contribution < -0.4 is 0 Å². The average molecular weight is 697 g/mol. The minimum Gasteiger partial charge on any atom is -0.300 e. The minimum absolute atomic E-state index is 0.169. The van der Waals surface area contributed by atoms with Crippen LogP contribution >= 0.6 is 0 Å². The molecule has 2 aliphatic heterocycles. The van der Waals surface area contributed by atoms with Crippen molar-refractivity contribution in [1.82, 2.24) is 9.80 Å². The Labute approximate surface area is 313 Å². The van der Waals surface area contributed by atoms with Crippen molar-refractivity contribution in [1.29, 1.82) is 0 Å². The molecule has 2 atom stereocenters. The summed E-state index contributed by atoms with van der Waals surface area (Å²) >= 11 is 0. The van der Waals surface area contributed by atoms with E-state index in [1.807, 2.05) is 70.5 Å². The van der Waals surface area contributed by atoms with Gasteiger partial charge in [-0.15, -0.1) is 0 Å². The number of carbonyl (C=O) groups is 2. The Balaban J connectivity index is 1.29. The lowest BCUT2D eigenvalue weighted by Crippen LogP contribution is -2.33. The van der Waals surface area contributed by atoms with Gasteiger partial charge in [-0.3, -0.25) is 19.4 Å². The molecule has 0 spiro atoms. The highest BCUT2D eigenvalue weighted by Crippen LogP contribution is 2.53. The Morgan fingerprint density at radius 1 is 0.352 bits per heavy atom. The van der Waals surface area contributed by atoms with Gasteiger partial charge in [0.2, 0.25) is 0 Å². The fourth-order valence-corrected chi connectivity index (χ4v) is 8.98. The topological polar surface area (TPSA) is 40.6 Å². The molecule has 2 heterocycles. The molecule has 0 fully saturated rings. The van der Waals surface area contributed by atoms with E-state index < -0.39 is 0 Å². The second-order valence-electron chi connectivity index (χ2n) is 14.3. The van der Waals surface area contributed by atoms with Gasteiger partial charge >= 0.3 is 0 Å². The summed E-state index contributed by atoms with van der Waals surface area (Å²) in [7, 11) is 0. The molecule has 0 bridgehead atoms. The van der Waals surface area contributed by atoms with E-state index in [0.29, 0.717) is 22.5 Å². The van der Waals surface area contributed by atoms with Gasteiger partial charge in [0.25, 0.3) is 11.8 Å². The summed E-state index contributed by atoms with van der Waals surface area (Å²) in [6, 6.07) is 57.2. The highest BCUT2D eigenvalue weighted by molar-refractivity contribution is 6.32. The van der Waals surface area contributed by atoms with E-state index >= 15 is 9.59 Å². The second kappa shape index (κ2) is 12.4. The third-order valence-corrected chi connectivity index (χ3v) is 11.5. The maximum absolute atomic E-state index is 15.7. The molecule has 0 radical (unpaired) electrons. The van der Waals surface area contributed by atoms with Crippen LogP contribution in [0.1, 0.15) is 48.2 Å². The largest absolute Gasteiger partial charge is 0.300 e. The number of hydrogen-bond donors (Lipinski definition) is 0. The maximum Gasteiger partial charge on any atom is 0.261 e. The molecule has 4 heteroatoms. The van der Waals surface area contributed by atoms with E-state index in [1.165, 1.54) is 0 Å². The van der Waals surface area contributed by atoms with Crippen LogP contribution in [0.3, 0.4) is 0 Å². The molecule has 8 aromatic carbocycles. The van der Waals surface area contributed by atoms with Crippen LogP contribution in [0.25, 0.3) is 54.5 Å². The normalized spacial score (nSPS) is 15.7. The van der Waals surface area contributed by atoms with E-state index in [-0.39, 0.29) is 23.9 Å². The third kappa shape index (κ3) is 4.70. The lowest BCUT2D eigenvalue weighted by atomic mass is 9.95. The van der Waals surface area contributed by atoms with Crippen molar-refractivity contribution in [2.45, 2.75) is 25.9 Å². The number of fused-ring (bicyclic) bond motifs is 5. The number of hydrogen-bond acceptors (Lipinski definition) is 2. The highest BCUT2D eigenvalue weighted by atomic mass is 16.2. The highest BCUT2D eigenvalue weighted by Gasteiger charge is 2.52. The van der Waals surface area contributed by atoms with Crippen molar-refractivity contribution in [3.63, 3.8) is 0 Å². The number of rotatable bonds is 6. The van der Waals surface area contributed by atoms with Gasteiger partial charge in [-0.25, -0.2) is 0 Å². The number of nitrogens with zero attached hydrogens (tertiary/aromatic N) is 2. The summed E-state index contributed by atoms with van der Waals surface area (Å²) < 4.78 is 0. The van der Waals surface area contributed by atoms with Crippen LogP contribution in [-0.4, -0.2) is 21.6 Å². The summed E-state index contributed by atoms with van der Waals surface area (Å²) in [5.41, 5.74) is 6.01. The molecule has 8 aromatic rings. The van der Waals surface area contributed by atoms with E-state index in [2.05, 4.69) is 123 Å². The molecule has 10 rings (SSSR count). The van der Waals surface area contributed by atoms with Crippen LogP contribution in [0.4, 0.5) is 0 Å². The summed E-state index contributed by atoms with van der Waals surface area (Å²) in [6.07, 6.45) is 0. The van der Waals surface area contributed by atoms with Crippen LogP contribution in [0.15, 0.2) is 181 Å². The monoisotopic (exact) mass is 696 g/mol. The predicted octanol–water partition coefficient (Wildman–Crippen LogP) is 11.6. The summed E-state index contributed by atoms with van der Waals surface area (Å²) in [5, 5.41) is 8.46. The number of benzene rings is 8. The predicted molar refractivity (Wildman–Crippen MR) is 220 cm³/mol. The quantitative estimate of drug-likeness (QED) is 0.174. The van der Waals surface area contributed by atoms with Crippen LogP contribution in [0.2, 0.25) is 0 Å². The molecule has 0 N–H and O–H groups in total. The number of carbonyl (C=O) groups excluding carboxylic acids is 2. The van der Waals surface area contributed by atoms with E-state index in [9.17, 15) is 0 Å². The Hall–Kier alpha value is -6.78. The zero-order valence-electron chi connectivity index (χ0n) is 30.0. The van der Waals surface area contributed by atoms with Crippen molar-refractivity contribution in [2.75, 3.05) is 0 Å². The van der Waals surface area contributed by atoms with Crippen molar-refractivity contribution in [2.24, 2.45) is 0 Å². The summed E-state index contributed by atoms with van der Waals surface area (Å²) in [5.74, 6) is -0.338. The fourth-order valence-electron chi connectivity index (χ4n) is 8.98. The minimum atomic E-state index is -0.381. The van der Waals surface area contributed by atoms with Crippen molar-refractivity contribution < 1.29 is 9.59 Å². The number of amides is 2. The smallest absolute Gasteiger partial charge is 0.261 e. The van der Waals surface area contributed by atoms with Crippen molar-refractivity contribution in [3.05, 3.63) is 203 Å². The molecule has 2 amide bonds. The van der Waals surface area contributed by atoms with Gasteiger partial charge in [0.1, 0.15) is 0 Å². The van der Waals surface area contributed by atoms with Gasteiger partial charge in [-0.2, -0.15) is 0 Å². The zero-order valence-corrected chi connectivity index (χ0v) is 30.0. The van der Waals surface area contributed by atoms with E-state index in [1.54, 1.807) is 0 Å². The zero-order chi connectivity index (χ0) is 36.5. The van der Waals surface area contributed by atoms with Gasteiger partial charge in [-0.05, 0) is 68.1 Å². The Bertz CT molecular complexity index is 2710. The molecule has 0 saturated carbocycles. The molecular formula is C50H36N2O2. The standard InChI is InChI=1S/C50H36N2O2/c1-31(37-27-11-19-33-15-3-7-23-39(33)37)51-47(43-29-13-21-35-17-5-9-25-41(35)43)45-46(49(51)53)48(44-30-14-22-36-18-6-10-26-42(36)44)52(50(45)54)32(2)38-28-12-20-34-16-4-8-24-40(34)38/h3-32H,1-2H3. The molecule has 0 aliphatic carbocycles. The molecule has 0 aromatic heterocycles. The first-order valence-corrected chi connectivity index (χ1v) is 18.6. The van der Waals surface area contributed by atoms with Gasteiger partial charge in [-0.1, -0.05) is 170 Å². The van der Waals surface area contributed by atoms with E-state index in [0.717, 1.165) is 65.3 Å². The van der Waals surface area contributed by atoms with Crippen LogP contribution in [0.5, 0.6) is 0 Å². The second-order valence-corrected chi connectivity index (χ2v) is 14.3. The average Bonchev–Trinajstić information content (AvgIpc) is 3.69. The third-order valence-electron chi connectivity index (χ3n) is 11.5. The molecule has 2 aliphatic rings. The Morgan fingerprint density at radius 3 is 1.04 bits per heavy atom. The van der Waals surface area contributed by atoms with E-state index in [4.69, 9.17) is 0 Å². The molecule has 54 heavy (non-hydrogen) atoms. The first-order valence-electron chi connectivity index (χ1n) is 18.6. The molecule has 258 valence electrons. The fraction of sp³-hybridized carbons (Fsp3) is 0.0800. The maximum atomic E-state index is 15.7. The molecular weight excluding hydrogens is 661 g/mol. The molecule has 4 nitrogen and oxygen atoms in total. The SMILES string of the molecule is CC(c1cccc2ccccc12)N1C(=O)C2=C(c3cccc4ccccc34)N(C(C)c3cccc4ccccc34)C(=O)C2=C1c1cccc2ccccc12.